The van der Waals surface area contributed by atoms with Gasteiger partial charge in [0, 0.05) is 68.6 Å². The molecule has 7 amide bonds. The summed E-state index contributed by atoms with van der Waals surface area (Å²) in [5.41, 5.74) is 26.1. The molecule has 93 heavy (non-hydrogen) atoms. The smallest absolute Gasteiger partial charge is 0.336 e. The van der Waals surface area contributed by atoms with Crippen molar-refractivity contribution in [3.05, 3.63) is 0 Å². The number of aliphatic hydroxyl groups is 2. The van der Waals surface area contributed by atoms with Crippen LogP contribution in [0.2, 0.25) is 0 Å². The molecule has 8 atom stereocenters. The monoisotopic (exact) mass is 1360 g/mol. The molecule has 3 heterocycles. The van der Waals surface area contributed by atoms with E-state index in [0.29, 0.717) is 13.0 Å². The Kier molecular flexibility index (Phi) is 61.6. The molecule has 0 aromatic heterocycles. The van der Waals surface area contributed by atoms with Gasteiger partial charge in [-0.3, -0.25) is 87.5 Å². The van der Waals surface area contributed by atoms with Gasteiger partial charge >= 0.3 is 59.7 Å². The summed E-state index contributed by atoms with van der Waals surface area (Å²) in [7, 11) is 7.45. The molecule has 0 spiro atoms. The lowest BCUT2D eigenvalue weighted by Gasteiger charge is -2.32. The Hall–Kier alpha value is -9.87. The highest BCUT2D eigenvalue weighted by molar-refractivity contribution is 5.99. The van der Waals surface area contributed by atoms with E-state index < -0.39 is 144 Å². The summed E-state index contributed by atoms with van der Waals surface area (Å²) in [4.78, 5) is 197. The molecule has 45 nitrogen and oxygen atoms in total. The second-order valence-electron chi connectivity index (χ2n) is 17.4. The third kappa shape index (κ3) is 62.1. The van der Waals surface area contributed by atoms with Crippen molar-refractivity contribution in [2.75, 3.05) is 41.8 Å². The number of carbonyl (C=O) groups excluding carboxylic acids is 14. The number of amides is 7. The molecule has 3 saturated heterocycles. The van der Waals surface area contributed by atoms with E-state index in [9.17, 15) is 96.5 Å². The number of carbonyl (C=O) groups is 19. The average Bonchev–Trinajstić information content (AvgIpc) is 1.75. The number of carboxylic acid groups (broad SMARTS) is 5. The number of cyclic esters (lactones) is 4. The lowest BCUT2D eigenvalue weighted by atomic mass is 9.98. The van der Waals surface area contributed by atoms with Gasteiger partial charge in [0.2, 0.25) is 41.9 Å². The quantitative estimate of drug-likeness (QED) is 0.0127. The summed E-state index contributed by atoms with van der Waals surface area (Å²) in [5, 5.41) is 74.7. The molecule has 0 aliphatic carbocycles. The van der Waals surface area contributed by atoms with E-state index in [0.717, 1.165) is 20.8 Å². The highest BCUT2D eigenvalue weighted by atomic mass is 16.7. The van der Waals surface area contributed by atoms with Crippen molar-refractivity contribution >= 4 is 113 Å². The second kappa shape index (κ2) is 56.1. The van der Waals surface area contributed by atoms with Gasteiger partial charge < -0.3 is 120 Å². The van der Waals surface area contributed by atoms with E-state index >= 15 is 0 Å². The number of hydrazine groups is 1. The number of esters is 6. The van der Waals surface area contributed by atoms with Crippen LogP contribution in [-0.4, -0.2) is 249 Å². The third-order valence-electron chi connectivity index (χ3n) is 9.13. The Morgan fingerprint density at radius 3 is 1.49 bits per heavy atom. The van der Waals surface area contributed by atoms with E-state index in [-0.39, 0.29) is 73.5 Å². The number of rotatable bonds is 21. The number of likely N-dealkylation sites (N-methyl/N-ethyl adjacent to an activating group) is 1. The van der Waals surface area contributed by atoms with Crippen LogP contribution in [0.5, 0.6) is 0 Å². The van der Waals surface area contributed by atoms with Crippen LogP contribution in [0.3, 0.4) is 0 Å². The predicted molar refractivity (Wildman–Crippen MR) is 309 cm³/mol. The van der Waals surface area contributed by atoms with Crippen LogP contribution in [-0.2, 0) is 110 Å². The molecule has 45 heteroatoms. The predicted octanol–water partition coefficient (Wildman–Crippen LogP) is -10.9. The largest absolute Gasteiger partial charge is 0.481 e. The molecule has 3 fully saturated rings. The van der Waals surface area contributed by atoms with Crippen LogP contribution >= 0.6 is 0 Å². The normalized spacial score (nSPS) is 18.1. The molecule has 3 rings (SSSR count). The van der Waals surface area contributed by atoms with Crippen LogP contribution in [0.25, 0.3) is 0 Å². The van der Waals surface area contributed by atoms with E-state index in [1.54, 1.807) is 7.05 Å². The average molecular weight is 1360 g/mol. The Labute approximate surface area is 529 Å². The van der Waals surface area contributed by atoms with Crippen molar-refractivity contribution < 1.29 is 157 Å². The number of ketones is 1. The van der Waals surface area contributed by atoms with E-state index in [1.165, 1.54) is 60.9 Å². The molecular weight excluding hydrogens is 1270 g/mol. The van der Waals surface area contributed by atoms with Crippen LogP contribution in [0.1, 0.15) is 99.8 Å². The van der Waals surface area contributed by atoms with Crippen LogP contribution in [0, 0.1) is 5.92 Å². The van der Waals surface area contributed by atoms with Crippen LogP contribution < -0.4 is 66.0 Å². The number of hydrogen-bond acceptors (Lipinski definition) is 31. The molecule has 0 aromatic carbocycles. The van der Waals surface area contributed by atoms with Crippen molar-refractivity contribution in [3.8, 4) is 0 Å². The Morgan fingerprint density at radius 2 is 1.17 bits per heavy atom. The number of nitrogens with two attached hydrogens (primary N) is 5. The minimum absolute atomic E-state index is 0. The Balaban J connectivity index is -0.000000124. The summed E-state index contributed by atoms with van der Waals surface area (Å²) in [5.74, 6) is -17.1. The summed E-state index contributed by atoms with van der Waals surface area (Å²) >= 11 is 0. The van der Waals surface area contributed by atoms with Crippen molar-refractivity contribution in [2.24, 2.45) is 34.6 Å². The highest BCUT2D eigenvalue weighted by Gasteiger charge is 2.48. The Bertz CT molecular complexity index is 2430. The third-order valence-corrected chi connectivity index (χ3v) is 9.13. The van der Waals surface area contributed by atoms with E-state index in [1.807, 2.05) is 5.32 Å². The van der Waals surface area contributed by atoms with Gasteiger partial charge in [0.1, 0.15) is 30.0 Å². The zero-order valence-electron chi connectivity index (χ0n) is 52.8. The summed E-state index contributed by atoms with van der Waals surface area (Å²) in [6.45, 7) is 8.73. The van der Waals surface area contributed by atoms with Gasteiger partial charge in [0.05, 0.1) is 56.9 Å². The van der Waals surface area contributed by atoms with Crippen LogP contribution in [0.4, 0.5) is 0 Å². The summed E-state index contributed by atoms with van der Waals surface area (Å²) < 4.78 is 17.3. The van der Waals surface area contributed by atoms with Gasteiger partial charge in [-0.2, -0.15) is 0 Å². The van der Waals surface area contributed by atoms with Crippen molar-refractivity contribution in [1.82, 2.24) is 42.3 Å². The summed E-state index contributed by atoms with van der Waals surface area (Å²) in [6, 6.07) is -4.82. The number of Topliss-reactive ketones (excluding diaryl/α,β-unsaturated/α-hetero) is 1. The van der Waals surface area contributed by atoms with Crippen LogP contribution in [0.15, 0.2) is 0 Å². The minimum atomic E-state index is -1.80. The first kappa shape index (κ1) is 102. The van der Waals surface area contributed by atoms with E-state index in [2.05, 4.69) is 62.4 Å². The molecule has 28 N–H and O–H groups in total. The molecule has 0 bridgehead atoms. The number of nitrogens with zero attached hydrogens (tertiary/aromatic N) is 1. The fourth-order valence-electron chi connectivity index (χ4n) is 5.59. The molecule has 3 aliphatic heterocycles. The molecule has 538 valence electrons. The number of nitrogens with one attached hydrogen (secondary N) is 7. The number of hydrogen-bond donors (Lipinski definition) is 19. The highest BCUT2D eigenvalue weighted by Crippen LogP contribution is 2.21. The van der Waals surface area contributed by atoms with Gasteiger partial charge in [-0.05, 0) is 28.1 Å². The topological polar surface area (TPSA) is 783 Å². The van der Waals surface area contributed by atoms with E-state index in [4.69, 9.17) is 47.5 Å². The standard InChI is InChI=1S/C8H13NO4.C7H12N2O4.2C6H10N2O4.C6H9NO5.C6H7NO4.C5H10N2O3.C2H4O2.2CH5N.2H2O/c1-5(10)3-6(4-7(11)12)8(13)9-2;1-4(10)9-5-3-6(11)13-7(5,12)8-2;1-6(11)8-3(5(7)10)2-4(9)12-6;1-3(9)12-5(10)2-4(7)6(8)11;1-3(8)7-4(6(11)12)2-5(9)10;1-3(8)7-4-2-5(9)11-6(4)10;1-7(6-4-8)3-2-5(9)10;1-2(3)4;2*1-2;;/h6H,3-4H2,1-2H3,(H,9,13)(H,11,12);5,8,12H,3H2,1-2H3,(H,9,10);3,8,11H,2H2,1H3,(H2,7,10);4H,2,7H2,1H3,(H2,8,11);4H,2H2,1H3,(H,7,8)(H,9,10)(H,11,12);4H,2H2,1H3,(H,7,8);4H,2-3H2,1H3,(H,6,8)(H,9,10);1H3,(H,3,4);2*2H2,1H3;2*1H2. The molecular formula is C48H89N13O32. The lowest BCUT2D eigenvalue weighted by molar-refractivity contribution is -0.230. The van der Waals surface area contributed by atoms with Gasteiger partial charge in [-0.25, -0.2) is 19.9 Å². The van der Waals surface area contributed by atoms with Gasteiger partial charge in [0.25, 0.3) is 17.8 Å². The van der Waals surface area contributed by atoms with Gasteiger partial charge in [0.15, 0.2) is 0 Å². The number of primary amides is 2. The molecule has 0 radical (unpaired) electrons. The maximum Gasteiger partial charge on any atom is 0.336 e. The number of carboxylic acids is 5. The molecule has 3 aliphatic rings. The maximum atomic E-state index is 11.1. The first-order valence-corrected chi connectivity index (χ1v) is 25.5. The zero-order chi connectivity index (χ0) is 73.3. The number of aliphatic carboxylic acids is 5. The Morgan fingerprint density at radius 1 is 0.699 bits per heavy atom. The second-order valence-corrected chi connectivity index (χ2v) is 17.4. The molecule has 0 aromatic rings. The van der Waals surface area contributed by atoms with Crippen molar-refractivity contribution in [1.29, 1.82) is 0 Å². The SMILES string of the molecule is CC(=O)NC(CC(=O)O)C(=O)O.CC(=O)NC1CC(=O)OC1=O.CC(=O)O.CC(=O)OC(=O)CC(N)C(N)=O.CC1(O)NC(C(N)=O)CC(=O)O1.CN.CN.CN(CCC(=O)O)NC=O.CNC(=O)C(CC(C)=O)CC(=O)O.CNC1(O)OC(=O)CC1NC(C)=O.O.O. The maximum absolute atomic E-state index is 11.1. The van der Waals surface area contributed by atoms with Gasteiger partial charge in [-0.15, -0.1) is 0 Å². The molecule has 0 saturated carbocycles. The fraction of sp³-hybridized carbons (Fsp3) is 0.604. The zero-order valence-corrected chi connectivity index (χ0v) is 52.8. The summed E-state index contributed by atoms with van der Waals surface area (Å²) in [6.07, 6.45) is -1.03. The minimum Gasteiger partial charge on any atom is -0.481 e. The molecule has 8 unspecified atom stereocenters. The first-order valence-electron chi connectivity index (χ1n) is 25.5. The number of ether oxygens (including phenoxy) is 4. The first-order chi connectivity index (χ1) is 41.7. The lowest BCUT2D eigenvalue weighted by Crippen LogP contribution is -2.60. The van der Waals surface area contributed by atoms with Crippen molar-refractivity contribution in [3.63, 3.8) is 0 Å². The van der Waals surface area contributed by atoms with Gasteiger partial charge in [-0.1, -0.05) is 0 Å². The fourth-order valence-corrected chi connectivity index (χ4v) is 5.59. The van der Waals surface area contributed by atoms with Crippen molar-refractivity contribution in [2.45, 2.75) is 142 Å².